The van der Waals surface area contributed by atoms with Crippen molar-refractivity contribution in [2.75, 3.05) is 0 Å². The fraction of sp³-hybridized carbons (Fsp3) is 0.600. The molecule has 0 spiro atoms. The highest BCUT2D eigenvalue weighted by Gasteiger charge is 2.48. The molecule has 1 aromatic rings. The smallest absolute Gasteiger partial charge is 0.191 e. The van der Waals surface area contributed by atoms with Crippen LogP contribution in [0.2, 0.25) is 0 Å². The molecule has 4 heteroatoms. The van der Waals surface area contributed by atoms with Gasteiger partial charge in [0.15, 0.2) is 11.6 Å². The van der Waals surface area contributed by atoms with Crippen LogP contribution in [0.15, 0.2) is 35.7 Å². The minimum Gasteiger partial charge on any atom is -0.366 e. The van der Waals surface area contributed by atoms with E-state index in [1.807, 2.05) is 6.92 Å². The monoisotopic (exact) mass is 394 g/mol. The number of carbonyl (C=O) groups excluding carboxylic acids is 2. The molecule has 0 aromatic heterocycles. The lowest BCUT2D eigenvalue weighted by molar-refractivity contribution is -0.135. The number of hydrogen-bond acceptors (Lipinski definition) is 4. The van der Waals surface area contributed by atoms with Gasteiger partial charge >= 0.3 is 0 Å². The summed E-state index contributed by atoms with van der Waals surface area (Å²) in [6.07, 6.45) is 7.70. The van der Waals surface area contributed by atoms with Gasteiger partial charge in [0.2, 0.25) is 0 Å². The maximum atomic E-state index is 13.4. The number of hydrogen-bond donors (Lipinski definition) is 1. The highest BCUT2D eigenvalue weighted by Crippen LogP contribution is 2.40. The number of aryl methyl sites for hydroxylation is 1. The lowest BCUT2D eigenvalue weighted by Gasteiger charge is -2.32. The van der Waals surface area contributed by atoms with Gasteiger partial charge < -0.3 is 10.2 Å². The molecular formula is C25H34N2O2. The molecule has 156 valence electrons. The largest absolute Gasteiger partial charge is 0.366 e. The zero-order valence-electron chi connectivity index (χ0n) is 18.0. The Morgan fingerprint density at radius 1 is 1.00 bits per heavy atom. The zero-order chi connectivity index (χ0) is 20.5. The lowest BCUT2D eigenvalue weighted by atomic mass is 9.78. The lowest BCUT2D eigenvalue weighted by Crippen LogP contribution is -2.41. The molecule has 1 heterocycles. The number of allylic oxidation sites excluding steroid dienone is 2. The van der Waals surface area contributed by atoms with Crippen LogP contribution in [0.3, 0.4) is 0 Å². The van der Waals surface area contributed by atoms with Crippen LogP contribution in [0.5, 0.6) is 0 Å². The Morgan fingerprint density at radius 2 is 1.66 bits per heavy atom. The summed E-state index contributed by atoms with van der Waals surface area (Å²) in [5, 5.41) is 3.67. The zero-order valence-corrected chi connectivity index (χ0v) is 18.0. The first kappa shape index (κ1) is 20.2. The first-order chi connectivity index (χ1) is 14.0. The van der Waals surface area contributed by atoms with Crippen LogP contribution in [-0.4, -0.2) is 22.6 Å². The predicted octanol–water partition coefficient (Wildman–Crippen LogP) is 4.72. The average molecular weight is 395 g/mol. The number of ketones is 2. The number of nitrogens with one attached hydrogen (secondary N) is 1. The summed E-state index contributed by atoms with van der Waals surface area (Å²) in [7, 11) is 0. The molecular weight excluding hydrogens is 360 g/mol. The Morgan fingerprint density at radius 3 is 2.28 bits per heavy atom. The summed E-state index contributed by atoms with van der Waals surface area (Å²) in [4.78, 5) is 28.7. The van der Waals surface area contributed by atoms with E-state index in [-0.39, 0.29) is 23.7 Å². The molecule has 0 radical (unpaired) electrons. The van der Waals surface area contributed by atoms with Crippen LogP contribution >= 0.6 is 0 Å². The van der Waals surface area contributed by atoms with Crippen molar-refractivity contribution in [3.8, 4) is 0 Å². The Hall–Kier alpha value is -2.10. The summed E-state index contributed by atoms with van der Waals surface area (Å²) in [5.41, 5.74) is 4.16. The van der Waals surface area contributed by atoms with Crippen molar-refractivity contribution in [2.24, 2.45) is 17.8 Å². The molecule has 1 N–H and O–H groups in total. The second-order valence-electron chi connectivity index (χ2n) is 9.11. The molecule has 2 aliphatic carbocycles. The molecule has 4 rings (SSSR count). The van der Waals surface area contributed by atoms with Gasteiger partial charge in [-0.1, -0.05) is 69.4 Å². The van der Waals surface area contributed by atoms with E-state index in [9.17, 15) is 9.59 Å². The first-order valence-corrected chi connectivity index (χ1v) is 11.4. The highest BCUT2D eigenvalue weighted by molar-refractivity contribution is 6.15. The summed E-state index contributed by atoms with van der Waals surface area (Å²) in [6, 6.07) is 8.59. The molecule has 0 saturated heterocycles. The van der Waals surface area contributed by atoms with Crippen molar-refractivity contribution in [3.05, 3.63) is 46.8 Å². The van der Waals surface area contributed by atoms with Crippen molar-refractivity contribution in [1.82, 2.24) is 10.2 Å². The molecule has 1 aliphatic heterocycles. The summed E-state index contributed by atoms with van der Waals surface area (Å²) < 4.78 is 0. The van der Waals surface area contributed by atoms with Crippen LogP contribution in [0, 0.1) is 24.7 Å². The third kappa shape index (κ3) is 3.74. The average Bonchev–Trinajstić information content (AvgIpc) is 3.33. The van der Waals surface area contributed by atoms with Crippen molar-refractivity contribution < 1.29 is 9.59 Å². The van der Waals surface area contributed by atoms with Crippen LogP contribution in [0.1, 0.15) is 69.9 Å². The van der Waals surface area contributed by atoms with Crippen LogP contribution in [0.25, 0.3) is 0 Å². The maximum Gasteiger partial charge on any atom is 0.191 e. The molecule has 1 aromatic carbocycles. The van der Waals surface area contributed by atoms with E-state index in [0.29, 0.717) is 12.3 Å². The third-order valence-electron chi connectivity index (χ3n) is 7.15. The van der Waals surface area contributed by atoms with E-state index in [4.69, 9.17) is 0 Å². The Kier molecular flexibility index (Phi) is 5.80. The second-order valence-corrected chi connectivity index (χ2v) is 9.11. The number of Topliss-reactive ketones (excluding diaryl/α,β-unsaturated/α-hetero) is 2. The maximum absolute atomic E-state index is 13.4. The highest BCUT2D eigenvalue weighted by atomic mass is 16.2. The molecule has 29 heavy (non-hydrogen) atoms. The molecule has 3 atom stereocenters. The van der Waals surface area contributed by atoms with Crippen molar-refractivity contribution >= 4 is 11.6 Å². The Labute approximate surface area is 174 Å². The SMILES string of the molecule is CCC1C(=O)C2=C(NC(CC3CCCC3)N2Cc2ccc(C)cc2)C(CC)C1=O. The standard InChI is InChI=1S/C25H34N2O2/c1-4-19-22-23(25(29)20(5-2)24(19)28)27(15-18-12-10-16(3)11-13-18)21(26-22)14-17-8-6-7-9-17/h10-13,17,19-21,26H,4-9,14-15H2,1-3H3. The Bertz CT molecular complexity index is 805. The molecule has 1 fully saturated rings. The van der Waals surface area contributed by atoms with E-state index in [2.05, 4.69) is 48.3 Å². The molecule has 1 saturated carbocycles. The fourth-order valence-electron chi connectivity index (χ4n) is 5.47. The summed E-state index contributed by atoms with van der Waals surface area (Å²) >= 11 is 0. The van der Waals surface area contributed by atoms with Crippen LogP contribution in [0.4, 0.5) is 0 Å². The first-order valence-electron chi connectivity index (χ1n) is 11.4. The Balaban J connectivity index is 1.69. The minimum atomic E-state index is -0.480. The second kappa shape index (κ2) is 8.33. The minimum absolute atomic E-state index is 0.0331. The number of benzene rings is 1. The number of rotatable bonds is 6. The summed E-state index contributed by atoms with van der Waals surface area (Å²) in [6.45, 7) is 6.84. The van der Waals surface area contributed by atoms with Crippen LogP contribution < -0.4 is 5.32 Å². The van der Waals surface area contributed by atoms with Gasteiger partial charge in [-0.25, -0.2) is 0 Å². The van der Waals surface area contributed by atoms with Gasteiger partial charge in [0, 0.05) is 6.54 Å². The molecule has 0 amide bonds. The van der Waals surface area contributed by atoms with E-state index in [1.54, 1.807) is 0 Å². The van der Waals surface area contributed by atoms with Gasteiger partial charge in [-0.2, -0.15) is 0 Å². The quantitative estimate of drug-likeness (QED) is 0.709. The van der Waals surface area contributed by atoms with Gasteiger partial charge in [0.1, 0.15) is 5.70 Å². The number of carbonyl (C=O) groups is 2. The van der Waals surface area contributed by atoms with Gasteiger partial charge in [-0.3, -0.25) is 9.59 Å². The van der Waals surface area contributed by atoms with Crippen molar-refractivity contribution in [1.29, 1.82) is 0 Å². The topological polar surface area (TPSA) is 49.4 Å². The van der Waals surface area contributed by atoms with E-state index < -0.39 is 5.92 Å². The van der Waals surface area contributed by atoms with Gasteiger partial charge in [0.05, 0.1) is 23.7 Å². The molecule has 4 nitrogen and oxygen atoms in total. The van der Waals surface area contributed by atoms with Gasteiger partial charge in [0.25, 0.3) is 0 Å². The van der Waals surface area contributed by atoms with Gasteiger partial charge in [-0.15, -0.1) is 0 Å². The van der Waals surface area contributed by atoms with Gasteiger partial charge in [-0.05, 0) is 37.7 Å². The van der Waals surface area contributed by atoms with E-state index in [0.717, 1.165) is 30.8 Å². The van der Waals surface area contributed by atoms with E-state index >= 15 is 0 Å². The van der Waals surface area contributed by atoms with Crippen molar-refractivity contribution in [2.45, 2.75) is 78.4 Å². The normalized spacial score (nSPS) is 27.6. The fourth-order valence-corrected chi connectivity index (χ4v) is 5.47. The van der Waals surface area contributed by atoms with Crippen molar-refractivity contribution in [3.63, 3.8) is 0 Å². The molecule has 0 bridgehead atoms. The van der Waals surface area contributed by atoms with E-state index in [1.165, 1.54) is 36.8 Å². The summed E-state index contributed by atoms with van der Waals surface area (Å²) in [5.74, 6) is 0.212. The molecule has 3 aliphatic rings. The third-order valence-corrected chi connectivity index (χ3v) is 7.15. The van der Waals surface area contributed by atoms with Crippen LogP contribution in [-0.2, 0) is 16.1 Å². The predicted molar refractivity (Wildman–Crippen MR) is 115 cm³/mol. The number of nitrogens with zero attached hydrogens (tertiary/aromatic N) is 1. The molecule has 3 unspecified atom stereocenters.